The molecule has 0 saturated carbocycles. The molecule has 100 valence electrons. The van der Waals surface area contributed by atoms with Gasteiger partial charge in [-0.3, -0.25) is 4.79 Å². The van der Waals surface area contributed by atoms with Gasteiger partial charge in [0.2, 0.25) is 0 Å². The molecule has 0 fully saturated rings. The zero-order valence-corrected chi connectivity index (χ0v) is 11.2. The quantitative estimate of drug-likeness (QED) is 0.639. The Kier molecular flexibility index (Phi) is 5.95. The van der Waals surface area contributed by atoms with E-state index in [1.165, 1.54) is 7.11 Å². The van der Waals surface area contributed by atoms with Crippen LogP contribution < -0.4 is 4.74 Å². The molecular weight excluding hydrogens is 256 g/mol. The highest BCUT2D eigenvalue weighted by Crippen LogP contribution is 2.27. The van der Waals surface area contributed by atoms with Gasteiger partial charge < -0.3 is 14.6 Å². The standard InChI is InChI=1S/C13H17ClO4/c1-9(15)10-5-6-12(11(14)8-10)18-7-3-4-13(16)17-2/h5-6,8-9,15H,3-4,7H2,1-2H3/t9-/m1/s1. The third-order valence-electron chi connectivity index (χ3n) is 2.45. The summed E-state index contributed by atoms with van der Waals surface area (Å²) in [4.78, 5) is 10.9. The minimum Gasteiger partial charge on any atom is -0.492 e. The molecule has 0 radical (unpaired) electrons. The molecule has 1 rings (SSSR count). The number of carbonyl (C=O) groups is 1. The van der Waals surface area contributed by atoms with Gasteiger partial charge >= 0.3 is 5.97 Å². The van der Waals surface area contributed by atoms with Crippen LogP contribution in [-0.2, 0) is 9.53 Å². The number of hydrogen-bond acceptors (Lipinski definition) is 4. The Morgan fingerprint density at radius 1 is 1.50 bits per heavy atom. The number of aliphatic hydroxyl groups is 1. The summed E-state index contributed by atoms with van der Waals surface area (Å²) in [5.41, 5.74) is 0.738. The molecule has 1 N–H and O–H groups in total. The van der Waals surface area contributed by atoms with E-state index in [1.54, 1.807) is 25.1 Å². The topological polar surface area (TPSA) is 55.8 Å². The highest BCUT2D eigenvalue weighted by atomic mass is 35.5. The van der Waals surface area contributed by atoms with Crippen molar-refractivity contribution in [3.8, 4) is 5.75 Å². The molecule has 1 aromatic carbocycles. The molecule has 0 bridgehead atoms. The van der Waals surface area contributed by atoms with E-state index in [1.807, 2.05) is 0 Å². The van der Waals surface area contributed by atoms with Crippen LogP contribution in [0.25, 0.3) is 0 Å². The van der Waals surface area contributed by atoms with Crippen LogP contribution in [0.3, 0.4) is 0 Å². The van der Waals surface area contributed by atoms with Crippen molar-refractivity contribution < 1.29 is 19.4 Å². The lowest BCUT2D eigenvalue weighted by atomic mass is 10.1. The van der Waals surface area contributed by atoms with E-state index >= 15 is 0 Å². The zero-order chi connectivity index (χ0) is 13.5. The first kappa shape index (κ1) is 14.8. The smallest absolute Gasteiger partial charge is 0.305 e. The van der Waals surface area contributed by atoms with Crippen molar-refractivity contribution in [2.75, 3.05) is 13.7 Å². The van der Waals surface area contributed by atoms with Gasteiger partial charge in [-0.05, 0) is 31.0 Å². The van der Waals surface area contributed by atoms with Crippen LogP contribution in [0.15, 0.2) is 18.2 Å². The van der Waals surface area contributed by atoms with Gasteiger partial charge in [0.05, 0.1) is 24.8 Å². The fourth-order valence-corrected chi connectivity index (χ4v) is 1.64. The van der Waals surface area contributed by atoms with E-state index in [2.05, 4.69) is 4.74 Å². The number of aliphatic hydroxyl groups excluding tert-OH is 1. The van der Waals surface area contributed by atoms with Crippen molar-refractivity contribution in [3.63, 3.8) is 0 Å². The average Bonchev–Trinajstić information content (AvgIpc) is 2.35. The number of methoxy groups -OCH3 is 1. The summed E-state index contributed by atoms with van der Waals surface area (Å²) in [6.45, 7) is 2.06. The number of halogens is 1. The number of benzene rings is 1. The van der Waals surface area contributed by atoms with E-state index in [0.717, 1.165) is 5.56 Å². The molecule has 0 aliphatic heterocycles. The van der Waals surface area contributed by atoms with E-state index < -0.39 is 6.10 Å². The van der Waals surface area contributed by atoms with Gasteiger partial charge in [-0.1, -0.05) is 17.7 Å². The highest BCUT2D eigenvalue weighted by molar-refractivity contribution is 6.32. The van der Waals surface area contributed by atoms with Gasteiger partial charge in [0.1, 0.15) is 5.75 Å². The van der Waals surface area contributed by atoms with Crippen molar-refractivity contribution in [2.45, 2.75) is 25.9 Å². The molecular formula is C13H17ClO4. The van der Waals surface area contributed by atoms with Crippen molar-refractivity contribution in [1.29, 1.82) is 0 Å². The summed E-state index contributed by atoms with van der Waals surface area (Å²) in [5, 5.41) is 9.84. The molecule has 0 heterocycles. The maximum atomic E-state index is 10.9. The number of hydrogen-bond donors (Lipinski definition) is 1. The van der Waals surface area contributed by atoms with Crippen molar-refractivity contribution in [1.82, 2.24) is 0 Å². The van der Waals surface area contributed by atoms with Gasteiger partial charge in [0, 0.05) is 6.42 Å². The van der Waals surface area contributed by atoms with E-state index in [4.69, 9.17) is 16.3 Å². The van der Waals surface area contributed by atoms with Crippen LogP contribution in [0.2, 0.25) is 5.02 Å². The molecule has 0 saturated heterocycles. The Balaban J connectivity index is 2.45. The number of esters is 1. The average molecular weight is 273 g/mol. The van der Waals surface area contributed by atoms with Crippen molar-refractivity contribution >= 4 is 17.6 Å². The van der Waals surface area contributed by atoms with Gasteiger partial charge in [0.25, 0.3) is 0 Å². The van der Waals surface area contributed by atoms with Crippen LogP contribution in [0.4, 0.5) is 0 Å². The lowest BCUT2D eigenvalue weighted by molar-refractivity contribution is -0.140. The normalized spacial score (nSPS) is 12.0. The second-order valence-corrected chi connectivity index (χ2v) is 4.30. The molecule has 1 aromatic rings. The Morgan fingerprint density at radius 2 is 2.22 bits per heavy atom. The summed E-state index contributed by atoms with van der Waals surface area (Å²) >= 11 is 6.01. The summed E-state index contributed by atoms with van der Waals surface area (Å²) in [6, 6.07) is 5.14. The van der Waals surface area contributed by atoms with Crippen molar-refractivity contribution in [3.05, 3.63) is 28.8 Å². The molecule has 1 atom stereocenters. The predicted molar refractivity (Wildman–Crippen MR) is 68.8 cm³/mol. The molecule has 0 aliphatic rings. The third kappa shape index (κ3) is 4.55. The lowest BCUT2D eigenvalue weighted by Gasteiger charge is -2.10. The fraction of sp³-hybridized carbons (Fsp3) is 0.462. The van der Waals surface area contributed by atoms with Crippen molar-refractivity contribution in [2.24, 2.45) is 0 Å². The summed E-state index contributed by atoms with van der Waals surface area (Å²) in [5.74, 6) is 0.292. The number of rotatable bonds is 6. The Morgan fingerprint density at radius 3 is 2.78 bits per heavy atom. The maximum Gasteiger partial charge on any atom is 0.305 e. The lowest BCUT2D eigenvalue weighted by Crippen LogP contribution is -2.05. The molecule has 0 spiro atoms. The first-order valence-corrected chi connectivity index (χ1v) is 6.09. The summed E-state index contributed by atoms with van der Waals surface area (Å²) < 4.78 is 9.97. The molecule has 0 aromatic heterocycles. The Labute approximate surface area is 111 Å². The first-order chi connectivity index (χ1) is 8.54. The van der Waals surface area contributed by atoms with Crippen LogP contribution >= 0.6 is 11.6 Å². The van der Waals surface area contributed by atoms with Gasteiger partial charge in [-0.25, -0.2) is 0 Å². The minimum atomic E-state index is -0.559. The largest absolute Gasteiger partial charge is 0.492 e. The van der Waals surface area contributed by atoms with Crippen LogP contribution in [0.5, 0.6) is 5.75 Å². The molecule has 0 amide bonds. The van der Waals surface area contributed by atoms with E-state index in [-0.39, 0.29) is 5.97 Å². The molecule has 0 aliphatic carbocycles. The van der Waals surface area contributed by atoms with E-state index in [0.29, 0.717) is 30.2 Å². The molecule has 4 nitrogen and oxygen atoms in total. The Hall–Kier alpha value is -1.26. The van der Waals surface area contributed by atoms with Crippen LogP contribution in [0, 0.1) is 0 Å². The predicted octanol–water partition coefficient (Wildman–Crippen LogP) is 2.73. The summed E-state index contributed by atoms with van der Waals surface area (Å²) in [7, 11) is 1.36. The van der Waals surface area contributed by atoms with E-state index in [9.17, 15) is 9.90 Å². The Bertz CT molecular complexity index is 404. The fourth-order valence-electron chi connectivity index (χ4n) is 1.39. The van der Waals surface area contributed by atoms with Gasteiger partial charge in [-0.15, -0.1) is 0 Å². The first-order valence-electron chi connectivity index (χ1n) is 5.71. The zero-order valence-electron chi connectivity index (χ0n) is 10.5. The second-order valence-electron chi connectivity index (χ2n) is 3.89. The molecule has 0 unspecified atom stereocenters. The molecule has 18 heavy (non-hydrogen) atoms. The van der Waals surface area contributed by atoms with Crippen LogP contribution in [0.1, 0.15) is 31.4 Å². The minimum absolute atomic E-state index is 0.255. The van der Waals surface area contributed by atoms with Gasteiger partial charge in [0.15, 0.2) is 0 Å². The second kappa shape index (κ2) is 7.24. The monoisotopic (exact) mass is 272 g/mol. The van der Waals surface area contributed by atoms with Gasteiger partial charge in [-0.2, -0.15) is 0 Å². The number of carbonyl (C=O) groups excluding carboxylic acids is 1. The highest BCUT2D eigenvalue weighted by Gasteiger charge is 2.07. The maximum absolute atomic E-state index is 10.9. The summed E-state index contributed by atoms with van der Waals surface area (Å²) in [6.07, 6.45) is 0.331. The third-order valence-corrected chi connectivity index (χ3v) is 2.74. The number of ether oxygens (including phenoxy) is 2. The molecule has 5 heteroatoms. The SMILES string of the molecule is COC(=O)CCCOc1ccc([C@@H](C)O)cc1Cl. The van der Waals surface area contributed by atoms with Crippen LogP contribution in [-0.4, -0.2) is 24.8 Å².